The van der Waals surface area contributed by atoms with Crippen molar-refractivity contribution < 1.29 is 0 Å². The minimum Gasteiger partial charge on any atom is -0.208 e. The third-order valence-corrected chi connectivity index (χ3v) is 15.9. The van der Waals surface area contributed by atoms with E-state index in [-0.39, 0.29) is 0 Å². The second kappa shape index (κ2) is 18.5. The smallest absolute Gasteiger partial charge is 0.164 e. The quantitative estimate of drug-likeness (QED) is 0.141. The van der Waals surface area contributed by atoms with E-state index >= 15 is 0 Å². The van der Waals surface area contributed by atoms with Crippen LogP contribution in [-0.4, -0.2) is 29.9 Å². The second-order valence-corrected chi connectivity index (χ2v) is 21.0. The summed E-state index contributed by atoms with van der Waals surface area (Å²) < 4.78 is 0. The molecule has 15 rings (SSSR count). The maximum absolute atomic E-state index is 5.25. The van der Waals surface area contributed by atoms with Gasteiger partial charge in [-0.3, -0.25) is 0 Å². The maximum Gasteiger partial charge on any atom is 0.164 e. The molecule has 0 fully saturated rings. The topological polar surface area (TPSA) is 77.3 Å². The van der Waals surface area contributed by atoms with E-state index in [4.69, 9.17) is 29.9 Å². The number of fused-ring (bicyclic) bond motifs is 7. The van der Waals surface area contributed by atoms with Crippen LogP contribution in [0.2, 0.25) is 0 Å². The Hall–Kier alpha value is -10.3. The summed E-state index contributed by atoms with van der Waals surface area (Å²) in [5.74, 6) is 3.77. The number of benzene rings is 12. The van der Waals surface area contributed by atoms with Crippen molar-refractivity contribution in [3.63, 3.8) is 0 Å². The summed E-state index contributed by atoms with van der Waals surface area (Å²) in [6.45, 7) is 4.72. The molecule has 0 spiro atoms. The number of aromatic nitrogens is 6. The number of nitrogens with zero attached hydrogens (tertiary/aromatic N) is 6. The summed E-state index contributed by atoms with van der Waals surface area (Å²) in [5.41, 5.74) is 14.7. The van der Waals surface area contributed by atoms with Gasteiger partial charge in [-0.2, -0.15) is 0 Å². The summed E-state index contributed by atoms with van der Waals surface area (Å²) >= 11 is 0. The largest absolute Gasteiger partial charge is 0.208 e. The van der Waals surface area contributed by atoms with Gasteiger partial charge >= 0.3 is 0 Å². The Morgan fingerprint density at radius 2 is 0.570 bits per heavy atom. The lowest BCUT2D eigenvalue weighted by Gasteiger charge is -2.24. The zero-order chi connectivity index (χ0) is 52.6. The van der Waals surface area contributed by atoms with Gasteiger partial charge in [0, 0.05) is 38.8 Å². The van der Waals surface area contributed by atoms with Crippen LogP contribution in [0.4, 0.5) is 0 Å². The Morgan fingerprint density at radius 3 is 1.04 bits per heavy atom. The number of hydrogen-bond acceptors (Lipinski definition) is 6. The van der Waals surface area contributed by atoms with E-state index in [1.54, 1.807) is 0 Å². The van der Waals surface area contributed by atoms with E-state index in [0.717, 1.165) is 60.8 Å². The van der Waals surface area contributed by atoms with Crippen molar-refractivity contribution >= 4 is 43.1 Å². The molecule has 12 aromatic carbocycles. The third kappa shape index (κ3) is 7.95. The predicted octanol–water partition coefficient (Wildman–Crippen LogP) is 18.3. The number of hydrogen-bond donors (Lipinski definition) is 0. The molecule has 2 heterocycles. The van der Waals surface area contributed by atoms with Crippen LogP contribution < -0.4 is 0 Å². The van der Waals surface area contributed by atoms with Crippen LogP contribution in [0.1, 0.15) is 25.0 Å². The lowest BCUT2D eigenvalue weighted by molar-refractivity contribution is 0.661. The summed E-state index contributed by atoms with van der Waals surface area (Å²) in [4.78, 5) is 30.9. The molecular weight excluding hydrogens is 961 g/mol. The fourth-order valence-corrected chi connectivity index (χ4v) is 11.9. The Bertz CT molecular complexity index is 4610. The summed E-state index contributed by atoms with van der Waals surface area (Å²) in [6, 6.07) is 90.4. The van der Waals surface area contributed by atoms with Gasteiger partial charge in [0.1, 0.15) is 0 Å². The highest BCUT2D eigenvalue weighted by Crippen LogP contribution is 2.54. The summed E-state index contributed by atoms with van der Waals surface area (Å²) in [7, 11) is 0. The molecule has 0 unspecified atom stereocenters. The summed E-state index contributed by atoms with van der Waals surface area (Å²) in [6.07, 6.45) is 0. The Balaban J connectivity index is 0.995. The van der Waals surface area contributed by atoms with Gasteiger partial charge in [0.15, 0.2) is 34.9 Å². The highest BCUT2D eigenvalue weighted by atomic mass is 15.0. The lowest BCUT2D eigenvalue weighted by atomic mass is 9.79. The molecule has 14 aromatic rings. The molecule has 0 amide bonds. The molecule has 0 atom stereocenters. The molecule has 1 aliphatic rings. The van der Waals surface area contributed by atoms with Crippen molar-refractivity contribution in [3.05, 3.63) is 266 Å². The minimum atomic E-state index is -0.403. The van der Waals surface area contributed by atoms with E-state index in [1.807, 2.05) is 72.8 Å². The lowest BCUT2D eigenvalue weighted by Crippen LogP contribution is -2.15. The molecule has 6 nitrogen and oxygen atoms in total. The van der Waals surface area contributed by atoms with E-state index in [0.29, 0.717) is 34.9 Å². The van der Waals surface area contributed by atoms with Gasteiger partial charge in [-0.15, -0.1) is 0 Å². The van der Waals surface area contributed by atoms with Gasteiger partial charge in [-0.25, -0.2) is 29.9 Å². The highest BCUT2D eigenvalue weighted by Gasteiger charge is 2.37. The molecule has 370 valence electrons. The Kier molecular flexibility index (Phi) is 10.8. The van der Waals surface area contributed by atoms with Gasteiger partial charge in [0.2, 0.25) is 0 Å². The molecular formula is C73H48N6. The van der Waals surface area contributed by atoms with Crippen molar-refractivity contribution in [1.82, 2.24) is 29.9 Å². The Labute approximate surface area is 457 Å². The van der Waals surface area contributed by atoms with Gasteiger partial charge in [-0.05, 0) is 124 Å². The van der Waals surface area contributed by atoms with Crippen molar-refractivity contribution in [2.24, 2.45) is 0 Å². The van der Waals surface area contributed by atoms with E-state index in [2.05, 4.69) is 196 Å². The molecule has 0 saturated heterocycles. The van der Waals surface area contributed by atoms with Gasteiger partial charge < -0.3 is 0 Å². The first-order chi connectivity index (χ1) is 38.9. The van der Waals surface area contributed by atoms with Crippen LogP contribution in [0, 0.1) is 0 Å². The SMILES string of the molecule is CC1(C)c2cc(-c3nc(-c4ccccc4)nc(-c4ccccc4)n3)ccc2-c2cc3c(-c4ccc5ccccc5c4)c4ccc(-c5nc(-c6ccccc6)nc(-c6ccccc6)n5)cc4c(-c4ccc5ccccc5c4)c3cc21. The van der Waals surface area contributed by atoms with Crippen LogP contribution in [-0.2, 0) is 5.41 Å². The first kappa shape index (κ1) is 46.0. The fourth-order valence-electron chi connectivity index (χ4n) is 11.9. The molecule has 0 saturated carbocycles. The van der Waals surface area contributed by atoms with Crippen LogP contribution in [0.25, 0.3) is 145 Å². The predicted molar refractivity (Wildman–Crippen MR) is 324 cm³/mol. The van der Waals surface area contributed by atoms with Gasteiger partial charge in [0.25, 0.3) is 0 Å². The minimum absolute atomic E-state index is 0.403. The molecule has 0 radical (unpaired) electrons. The maximum atomic E-state index is 5.25. The monoisotopic (exact) mass is 1010 g/mol. The average molecular weight is 1010 g/mol. The first-order valence-electron chi connectivity index (χ1n) is 26.8. The molecule has 0 bridgehead atoms. The first-order valence-corrected chi connectivity index (χ1v) is 26.8. The van der Waals surface area contributed by atoms with Crippen molar-refractivity contribution in [1.29, 1.82) is 0 Å². The normalized spacial score (nSPS) is 12.5. The summed E-state index contributed by atoms with van der Waals surface area (Å²) in [5, 5.41) is 9.37. The van der Waals surface area contributed by atoms with E-state index < -0.39 is 5.41 Å². The Morgan fingerprint density at radius 1 is 0.228 bits per heavy atom. The second-order valence-electron chi connectivity index (χ2n) is 21.0. The van der Waals surface area contributed by atoms with Crippen LogP contribution in [0.5, 0.6) is 0 Å². The van der Waals surface area contributed by atoms with E-state index in [1.165, 1.54) is 60.1 Å². The van der Waals surface area contributed by atoms with E-state index in [9.17, 15) is 0 Å². The fraction of sp³-hybridized carbons (Fsp3) is 0.0411. The molecule has 0 aliphatic heterocycles. The average Bonchev–Trinajstić information content (AvgIpc) is 4.05. The van der Waals surface area contributed by atoms with Crippen molar-refractivity contribution in [2.45, 2.75) is 19.3 Å². The third-order valence-electron chi connectivity index (χ3n) is 15.9. The molecule has 0 N–H and O–H groups in total. The molecule has 2 aromatic heterocycles. The molecule has 6 heteroatoms. The number of rotatable bonds is 8. The van der Waals surface area contributed by atoms with Crippen LogP contribution in [0.15, 0.2) is 255 Å². The zero-order valence-corrected chi connectivity index (χ0v) is 43.4. The standard InChI is InChI=1S/C73H48N6/c1-73(2)63-42-56(72-78-69(49-25-11-5-12-26-49)75-70(79-72)50-27-13-6-14-28-50)35-37-57(63)59-43-61-62(44-64(59)73)66(54-34-32-46-20-16-18-30-52(46)40-54)60-41-55(36-38-58(60)65(61)53-33-31-45-19-15-17-29-51(45)39-53)71-76-67(47-21-7-3-8-22-47)74-68(77-71)48-23-9-4-10-24-48/h3-44H,1-2H3. The van der Waals surface area contributed by atoms with Crippen molar-refractivity contribution in [3.8, 4) is 102 Å². The molecule has 79 heavy (non-hydrogen) atoms. The van der Waals surface area contributed by atoms with Crippen molar-refractivity contribution in [2.75, 3.05) is 0 Å². The highest BCUT2D eigenvalue weighted by molar-refractivity contribution is 6.23. The van der Waals surface area contributed by atoms with Gasteiger partial charge in [-0.1, -0.05) is 232 Å². The van der Waals surface area contributed by atoms with Crippen LogP contribution >= 0.6 is 0 Å². The zero-order valence-electron chi connectivity index (χ0n) is 43.4. The molecule has 1 aliphatic carbocycles. The van der Waals surface area contributed by atoms with Crippen LogP contribution in [0.3, 0.4) is 0 Å². The van der Waals surface area contributed by atoms with Gasteiger partial charge in [0.05, 0.1) is 0 Å².